The van der Waals surface area contributed by atoms with Gasteiger partial charge >= 0.3 is 0 Å². The first-order chi connectivity index (χ1) is 8.54. The summed E-state index contributed by atoms with van der Waals surface area (Å²) in [5.41, 5.74) is 5.70. The van der Waals surface area contributed by atoms with E-state index in [9.17, 15) is 0 Å². The number of hydrogen-bond acceptors (Lipinski definition) is 5. The minimum Gasteiger partial charge on any atom is -0.370 e. The second kappa shape index (κ2) is 7.48. The maximum absolute atomic E-state index is 5.70. The van der Waals surface area contributed by atoms with E-state index in [1.807, 2.05) is 13.8 Å². The monoisotopic (exact) mass is 255 g/mol. The van der Waals surface area contributed by atoms with E-state index < -0.39 is 0 Å². The van der Waals surface area contributed by atoms with Gasteiger partial charge in [0.25, 0.3) is 0 Å². The van der Waals surface area contributed by atoms with Crippen LogP contribution < -0.4 is 5.73 Å². The first-order valence-electron chi connectivity index (χ1n) is 6.74. The molecule has 0 aromatic carbocycles. The fourth-order valence-corrected chi connectivity index (χ4v) is 1.81. The Morgan fingerprint density at radius 1 is 1.33 bits per heavy atom. The average Bonchev–Trinajstić information content (AvgIpc) is 2.73. The van der Waals surface area contributed by atoms with Crippen LogP contribution in [-0.2, 0) is 11.2 Å². The third-order valence-corrected chi connectivity index (χ3v) is 2.74. The van der Waals surface area contributed by atoms with Crippen molar-refractivity contribution < 1.29 is 9.26 Å². The zero-order valence-electron chi connectivity index (χ0n) is 11.8. The van der Waals surface area contributed by atoms with Gasteiger partial charge in [-0.15, -0.1) is 0 Å². The highest BCUT2D eigenvalue weighted by Gasteiger charge is 2.21. The summed E-state index contributed by atoms with van der Waals surface area (Å²) in [7, 11) is 0. The molecule has 0 aliphatic heterocycles. The van der Waals surface area contributed by atoms with Crippen LogP contribution >= 0.6 is 0 Å². The molecular weight excluding hydrogens is 230 g/mol. The van der Waals surface area contributed by atoms with Crippen LogP contribution in [0, 0.1) is 5.92 Å². The number of hydrogen-bond donors (Lipinski definition) is 1. The van der Waals surface area contributed by atoms with E-state index in [4.69, 9.17) is 15.0 Å². The Kier molecular flexibility index (Phi) is 6.29. The van der Waals surface area contributed by atoms with Crippen LogP contribution in [0.1, 0.15) is 58.4 Å². The fraction of sp³-hybridized carbons (Fsp3) is 0.846. The molecule has 0 spiro atoms. The van der Waals surface area contributed by atoms with Crippen molar-refractivity contribution in [3.05, 3.63) is 11.7 Å². The van der Waals surface area contributed by atoms with Crippen LogP contribution in [0.5, 0.6) is 0 Å². The molecule has 1 rings (SSSR count). The van der Waals surface area contributed by atoms with E-state index in [-0.39, 0.29) is 12.1 Å². The van der Waals surface area contributed by atoms with E-state index in [0.29, 0.717) is 24.2 Å². The molecule has 2 unspecified atom stereocenters. The largest absolute Gasteiger partial charge is 0.370 e. The van der Waals surface area contributed by atoms with Crippen molar-refractivity contribution >= 4 is 0 Å². The summed E-state index contributed by atoms with van der Waals surface area (Å²) in [6, 6.07) is 0.222. The summed E-state index contributed by atoms with van der Waals surface area (Å²) in [5.74, 6) is 1.66. The Bertz CT molecular complexity index is 337. The van der Waals surface area contributed by atoms with Gasteiger partial charge in [0.05, 0.1) is 0 Å². The standard InChI is InChI=1S/C13H25N3O2/c1-5-17-12(9(2)3)13-15-11(18-16-13)8-6-7-10(4)14/h9-10,12H,5-8,14H2,1-4H3. The van der Waals surface area contributed by atoms with E-state index in [1.54, 1.807) is 0 Å². The van der Waals surface area contributed by atoms with Crippen molar-refractivity contribution in [2.45, 2.75) is 59.1 Å². The Morgan fingerprint density at radius 2 is 2.06 bits per heavy atom. The summed E-state index contributed by atoms with van der Waals surface area (Å²) in [6.45, 7) is 8.80. The molecule has 0 aliphatic rings. The number of nitrogens with two attached hydrogens (primary N) is 1. The van der Waals surface area contributed by atoms with Gasteiger partial charge in [-0.2, -0.15) is 4.98 Å². The van der Waals surface area contributed by atoms with Crippen LogP contribution in [0.2, 0.25) is 0 Å². The molecule has 0 saturated heterocycles. The summed E-state index contributed by atoms with van der Waals surface area (Å²) < 4.78 is 10.9. The van der Waals surface area contributed by atoms with Crippen molar-refractivity contribution in [3.63, 3.8) is 0 Å². The van der Waals surface area contributed by atoms with Crippen LogP contribution in [0.25, 0.3) is 0 Å². The van der Waals surface area contributed by atoms with Gasteiger partial charge in [-0.25, -0.2) is 0 Å². The topological polar surface area (TPSA) is 74.2 Å². The normalized spacial score (nSPS) is 15.0. The number of aryl methyl sites for hydroxylation is 1. The van der Waals surface area contributed by atoms with Gasteiger partial charge < -0.3 is 15.0 Å². The Labute approximate surface area is 109 Å². The van der Waals surface area contributed by atoms with E-state index in [0.717, 1.165) is 19.3 Å². The van der Waals surface area contributed by atoms with Crippen molar-refractivity contribution in [2.75, 3.05) is 6.61 Å². The van der Waals surface area contributed by atoms with Gasteiger partial charge in [0.15, 0.2) is 0 Å². The van der Waals surface area contributed by atoms with E-state index in [2.05, 4.69) is 24.0 Å². The summed E-state index contributed by atoms with van der Waals surface area (Å²) in [4.78, 5) is 4.40. The van der Waals surface area contributed by atoms with Crippen molar-refractivity contribution in [3.8, 4) is 0 Å². The third-order valence-electron chi connectivity index (χ3n) is 2.74. The lowest BCUT2D eigenvalue weighted by molar-refractivity contribution is 0.0217. The van der Waals surface area contributed by atoms with Gasteiger partial charge in [-0.1, -0.05) is 19.0 Å². The van der Waals surface area contributed by atoms with E-state index >= 15 is 0 Å². The maximum Gasteiger partial charge on any atom is 0.226 e. The molecule has 2 N–H and O–H groups in total. The molecule has 0 bridgehead atoms. The smallest absolute Gasteiger partial charge is 0.226 e. The predicted octanol–water partition coefficient (Wildman–Crippen LogP) is 2.47. The van der Waals surface area contributed by atoms with Gasteiger partial charge in [0.2, 0.25) is 11.7 Å². The molecule has 0 aliphatic carbocycles. The fourth-order valence-electron chi connectivity index (χ4n) is 1.81. The summed E-state index contributed by atoms with van der Waals surface area (Å²) in [5, 5.41) is 4.01. The molecule has 5 heteroatoms. The first-order valence-corrected chi connectivity index (χ1v) is 6.74. The van der Waals surface area contributed by atoms with Gasteiger partial charge in [0, 0.05) is 19.1 Å². The highest BCUT2D eigenvalue weighted by atomic mass is 16.5. The van der Waals surface area contributed by atoms with E-state index in [1.165, 1.54) is 0 Å². The molecule has 2 atom stereocenters. The second-order valence-electron chi connectivity index (χ2n) is 5.04. The van der Waals surface area contributed by atoms with Crippen molar-refractivity contribution in [1.29, 1.82) is 0 Å². The van der Waals surface area contributed by atoms with Crippen LogP contribution in [0.15, 0.2) is 4.52 Å². The zero-order valence-corrected chi connectivity index (χ0v) is 11.8. The molecule has 5 nitrogen and oxygen atoms in total. The lowest BCUT2D eigenvalue weighted by Gasteiger charge is -2.16. The molecule has 1 aromatic heterocycles. The van der Waals surface area contributed by atoms with Gasteiger partial charge in [-0.05, 0) is 32.6 Å². The predicted molar refractivity (Wildman–Crippen MR) is 70.1 cm³/mol. The second-order valence-corrected chi connectivity index (χ2v) is 5.04. The lowest BCUT2D eigenvalue weighted by atomic mass is 10.1. The van der Waals surface area contributed by atoms with Gasteiger partial charge in [0.1, 0.15) is 6.10 Å². The SMILES string of the molecule is CCOC(c1noc(CCCC(C)N)n1)C(C)C. The molecule has 104 valence electrons. The molecule has 0 amide bonds. The molecule has 0 radical (unpaired) electrons. The minimum atomic E-state index is -0.0825. The molecular formula is C13H25N3O2. The number of aromatic nitrogens is 2. The number of nitrogens with zero attached hydrogens (tertiary/aromatic N) is 2. The third kappa shape index (κ3) is 4.74. The quantitative estimate of drug-likeness (QED) is 0.772. The molecule has 1 heterocycles. The average molecular weight is 255 g/mol. The lowest BCUT2D eigenvalue weighted by Crippen LogP contribution is -2.14. The molecule has 0 saturated carbocycles. The maximum atomic E-state index is 5.70. The Morgan fingerprint density at radius 3 is 2.61 bits per heavy atom. The molecule has 18 heavy (non-hydrogen) atoms. The number of rotatable bonds is 8. The first kappa shape index (κ1) is 15.1. The summed E-state index contributed by atoms with van der Waals surface area (Å²) in [6.07, 6.45) is 2.64. The minimum absolute atomic E-state index is 0.0825. The summed E-state index contributed by atoms with van der Waals surface area (Å²) >= 11 is 0. The Hall–Kier alpha value is -0.940. The van der Waals surface area contributed by atoms with Crippen molar-refractivity contribution in [1.82, 2.24) is 10.1 Å². The Balaban J connectivity index is 2.55. The van der Waals surface area contributed by atoms with Crippen molar-refractivity contribution in [2.24, 2.45) is 11.7 Å². The highest BCUT2D eigenvalue weighted by molar-refractivity contribution is 4.93. The van der Waals surface area contributed by atoms with Crippen LogP contribution in [0.4, 0.5) is 0 Å². The highest BCUT2D eigenvalue weighted by Crippen LogP contribution is 2.23. The molecule has 1 aromatic rings. The van der Waals surface area contributed by atoms with Gasteiger partial charge in [-0.3, -0.25) is 0 Å². The number of ether oxygens (including phenoxy) is 1. The van der Waals surface area contributed by atoms with Crippen LogP contribution in [-0.4, -0.2) is 22.8 Å². The zero-order chi connectivity index (χ0) is 13.5. The van der Waals surface area contributed by atoms with Crippen LogP contribution in [0.3, 0.4) is 0 Å². The molecule has 0 fully saturated rings.